The number of aliphatic carboxylic acids is 1. The predicted molar refractivity (Wildman–Crippen MR) is 370 cm³/mol. The Bertz CT molecular complexity index is 1800. The first-order valence-corrected chi connectivity index (χ1v) is 36.0. The van der Waals surface area contributed by atoms with Crippen molar-refractivity contribution in [2.24, 2.45) is 0 Å². The van der Waals surface area contributed by atoms with Crippen molar-refractivity contribution in [1.29, 1.82) is 0 Å². The largest absolute Gasteiger partial charge is 0.545 e. The summed E-state index contributed by atoms with van der Waals surface area (Å²) in [4.78, 5) is 37.5. The maximum Gasteiger partial charge on any atom is 0.306 e. The molecule has 0 bridgehead atoms. The summed E-state index contributed by atoms with van der Waals surface area (Å²) in [5.74, 6) is -2.30. The minimum Gasteiger partial charge on any atom is -0.545 e. The van der Waals surface area contributed by atoms with Crippen LogP contribution in [0.2, 0.25) is 0 Å². The van der Waals surface area contributed by atoms with Crippen LogP contribution in [0.1, 0.15) is 309 Å². The number of hydrogen-bond donors (Lipinski definition) is 0. The van der Waals surface area contributed by atoms with Gasteiger partial charge in [-0.25, -0.2) is 0 Å². The third kappa shape index (κ3) is 69.3. The third-order valence-corrected chi connectivity index (χ3v) is 15.5. The van der Waals surface area contributed by atoms with Crippen LogP contribution < -0.4 is 5.11 Å². The highest BCUT2D eigenvalue weighted by molar-refractivity contribution is 5.70. The first-order chi connectivity index (χ1) is 42.6. The van der Waals surface area contributed by atoms with Gasteiger partial charge in [0.2, 0.25) is 0 Å². The van der Waals surface area contributed by atoms with Gasteiger partial charge in [0.15, 0.2) is 12.4 Å². The van der Waals surface area contributed by atoms with Gasteiger partial charge in [0.25, 0.3) is 0 Å². The van der Waals surface area contributed by atoms with Gasteiger partial charge >= 0.3 is 11.9 Å². The van der Waals surface area contributed by atoms with E-state index >= 15 is 0 Å². The molecule has 0 aromatic heterocycles. The van der Waals surface area contributed by atoms with Gasteiger partial charge in [0.1, 0.15) is 13.2 Å². The molecular weight excluding hydrogens is 1080 g/mol. The Balaban J connectivity index is 4.17. The van der Waals surface area contributed by atoms with Crippen LogP contribution in [-0.2, 0) is 33.3 Å². The van der Waals surface area contributed by atoms with Crippen LogP contribution in [0.5, 0.6) is 0 Å². The number of ether oxygens (including phenoxy) is 4. The van der Waals surface area contributed by atoms with Crippen molar-refractivity contribution in [1.82, 2.24) is 0 Å². The van der Waals surface area contributed by atoms with E-state index in [2.05, 4.69) is 123 Å². The molecule has 0 aromatic carbocycles. The van der Waals surface area contributed by atoms with Crippen LogP contribution in [0.25, 0.3) is 0 Å². The van der Waals surface area contributed by atoms with Gasteiger partial charge in [0.05, 0.1) is 40.3 Å². The minimum atomic E-state index is -1.63. The van der Waals surface area contributed by atoms with Crippen molar-refractivity contribution in [3.63, 3.8) is 0 Å². The molecule has 0 N–H and O–H groups in total. The zero-order chi connectivity index (χ0) is 63.3. The molecule has 0 heterocycles. The van der Waals surface area contributed by atoms with E-state index in [0.29, 0.717) is 17.4 Å². The fourth-order valence-corrected chi connectivity index (χ4v) is 10.1. The monoisotopic (exact) mass is 1210 g/mol. The number of carbonyl (C=O) groups excluding carboxylic acids is 3. The number of unbranched alkanes of at least 4 members (excludes halogenated alkanes) is 33. The van der Waals surface area contributed by atoms with Gasteiger partial charge in [-0.15, -0.1) is 0 Å². The summed E-state index contributed by atoms with van der Waals surface area (Å²) in [6, 6.07) is 0. The Hall–Kier alpha value is -4.05. The minimum absolute atomic E-state index is 0.140. The molecule has 500 valence electrons. The summed E-state index contributed by atoms with van der Waals surface area (Å²) in [5, 5.41) is 11.8. The summed E-state index contributed by atoms with van der Waals surface area (Å²) in [6.07, 6.45) is 91.8. The van der Waals surface area contributed by atoms with Gasteiger partial charge in [-0.2, -0.15) is 0 Å². The molecule has 9 nitrogen and oxygen atoms in total. The Labute approximate surface area is 536 Å². The number of carboxylic acids is 1. The molecule has 0 aromatic rings. The van der Waals surface area contributed by atoms with Crippen LogP contribution in [0.15, 0.2) is 109 Å². The smallest absolute Gasteiger partial charge is 0.306 e. The van der Waals surface area contributed by atoms with E-state index in [1.165, 1.54) is 167 Å². The number of rotatable bonds is 66. The van der Waals surface area contributed by atoms with Gasteiger partial charge in [0, 0.05) is 12.8 Å². The number of carbonyl (C=O) groups is 3. The van der Waals surface area contributed by atoms with Crippen LogP contribution in [0, 0.1) is 0 Å². The molecule has 2 atom stereocenters. The van der Waals surface area contributed by atoms with Crippen LogP contribution in [0.3, 0.4) is 0 Å². The van der Waals surface area contributed by atoms with E-state index in [-0.39, 0.29) is 38.6 Å². The topological polar surface area (TPSA) is 111 Å². The second kappa shape index (κ2) is 67.9. The van der Waals surface area contributed by atoms with E-state index in [1.54, 1.807) is 0 Å². The molecule has 0 radical (unpaired) electrons. The predicted octanol–water partition coefficient (Wildman–Crippen LogP) is 21.2. The van der Waals surface area contributed by atoms with Crippen LogP contribution in [0.4, 0.5) is 0 Å². The number of quaternary nitrogens is 1. The molecule has 0 aliphatic rings. The van der Waals surface area contributed by atoms with Crippen LogP contribution in [-0.4, -0.2) is 82.3 Å². The maximum absolute atomic E-state index is 12.9. The van der Waals surface area contributed by atoms with Crippen molar-refractivity contribution >= 4 is 17.9 Å². The summed E-state index contributed by atoms with van der Waals surface area (Å²) in [5.41, 5.74) is 0. The fourth-order valence-electron chi connectivity index (χ4n) is 10.1. The zero-order valence-electron chi connectivity index (χ0n) is 57.1. The quantitative estimate of drug-likeness (QED) is 0.0195. The average molecular weight is 1210 g/mol. The highest BCUT2D eigenvalue weighted by atomic mass is 16.7. The Morgan fingerprint density at radius 1 is 0.356 bits per heavy atom. The number of esters is 2. The lowest BCUT2D eigenvalue weighted by Gasteiger charge is -2.26. The van der Waals surface area contributed by atoms with Crippen molar-refractivity contribution < 1.29 is 42.9 Å². The molecule has 0 fully saturated rings. The molecule has 0 saturated carbocycles. The zero-order valence-corrected chi connectivity index (χ0v) is 57.1. The molecule has 0 rings (SSSR count). The molecule has 0 amide bonds. The molecule has 0 aliphatic carbocycles. The van der Waals surface area contributed by atoms with Gasteiger partial charge in [-0.1, -0.05) is 322 Å². The molecule has 9 heteroatoms. The second-order valence-electron chi connectivity index (χ2n) is 25.2. The number of nitrogens with zero attached hydrogens (tertiary/aromatic N) is 1. The molecule has 0 spiro atoms. The summed E-state index contributed by atoms with van der Waals surface area (Å²) in [7, 11) is 5.92. The number of allylic oxidation sites excluding steroid dienone is 18. The van der Waals surface area contributed by atoms with E-state index in [4.69, 9.17) is 18.9 Å². The van der Waals surface area contributed by atoms with E-state index < -0.39 is 24.3 Å². The fraction of sp³-hybridized carbons (Fsp3) is 0.731. The van der Waals surface area contributed by atoms with Crippen molar-refractivity contribution in [3.8, 4) is 0 Å². The Kier molecular flexibility index (Phi) is 64.7. The molecule has 87 heavy (non-hydrogen) atoms. The molecule has 2 unspecified atom stereocenters. The van der Waals surface area contributed by atoms with Crippen molar-refractivity contribution in [2.75, 3.05) is 47.5 Å². The number of likely N-dealkylation sites (N-methyl/N-ethyl adjacent to an activating group) is 1. The normalized spacial score (nSPS) is 13.3. The first-order valence-electron chi connectivity index (χ1n) is 36.0. The van der Waals surface area contributed by atoms with Crippen LogP contribution >= 0.6 is 0 Å². The first kappa shape index (κ1) is 83.0. The highest BCUT2D eigenvalue weighted by Gasteiger charge is 2.22. The Morgan fingerprint density at radius 2 is 0.655 bits per heavy atom. The molecule has 0 aliphatic heterocycles. The van der Waals surface area contributed by atoms with E-state index in [1.807, 2.05) is 21.1 Å². The standard InChI is InChI=1S/C78H135NO8/c1-6-8-10-12-14-16-18-20-22-24-26-28-30-32-34-36-37-38-39-41-43-45-47-49-51-53-55-57-59-61-63-65-67-69-76(81)87-74(73-86-78(77(82)83)84-71-70-79(3,4)5)72-85-75(80)68-66-64-62-60-58-56-54-52-50-48-46-44-42-40-35-33-31-29-27-25-23-21-19-17-15-13-11-9-7-2/h8,10,14,16,20,22,26,28,32,34,37-38,41,43,47,49,53,55,74,78H,6-7,9,11-13,15,17-19,21,23-25,27,29-31,33,35-36,39-40,42,44-46,48,50-52,54,56-73H2,1-5H3/b10-8-,16-14-,22-20-,28-26-,34-32-,38-37-,43-41-,49-47-,55-53-. The highest BCUT2D eigenvalue weighted by Crippen LogP contribution is 2.18. The van der Waals surface area contributed by atoms with E-state index in [0.717, 1.165) is 109 Å². The average Bonchev–Trinajstić information content (AvgIpc) is 3.59. The summed E-state index contributed by atoms with van der Waals surface area (Å²) >= 11 is 0. The number of carboxylic acid groups (broad SMARTS) is 1. The van der Waals surface area contributed by atoms with Crippen molar-refractivity contribution in [2.45, 2.75) is 322 Å². The van der Waals surface area contributed by atoms with Crippen molar-refractivity contribution in [3.05, 3.63) is 109 Å². The van der Waals surface area contributed by atoms with E-state index in [9.17, 15) is 19.5 Å². The molecular formula is C78H135NO8. The lowest BCUT2D eigenvalue weighted by molar-refractivity contribution is -0.870. The molecule has 0 saturated heterocycles. The lowest BCUT2D eigenvalue weighted by Crippen LogP contribution is -2.44. The van der Waals surface area contributed by atoms with Gasteiger partial charge in [-0.05, 0) is 83.5 Å². The van der Waals surface area contributed by atoms with Gasteiger partial charge in [-0.3, -0.25) is 9.59 Å². The Morgan fingerprint density at radius 3 is 0.977 bits per heavy atom. The number of hydrogen-bond acceptors (Lipinski definition) is 8. The maximum atomic E-state index is 12.9. The second-order valence-corrected chi connectivity index (χ2v) is 25.2. The summed E-state index contributed by atoms with van der Waals surface area (Å²) < 4.78 is 22.8. The lowest BCUT2D eigenvalue weighted by atomic mass is 10.0. The SMILES string of the molecule is CC/C=C\C/C=C\C/C=C\C/C=C\C/C=C\C/C=C\C/C=C\C/C=C\C/C=C\CCCCCCCC(=O)OC(COC(=O)CCCCCCCCCCCCCCCCCCCCCCCCCCCCCCC)COC(OCC[N+](C)(C)C)C(=O)[O-]. The third-order valence-electron chi connectivity index (χ3n) is 15.5. The van der Waals surface area contributed by atoms with Gasteiger partial charge < -0.3 is 33.3 Å². The summed E-state index contributed by atoms with van der Waals surface area (Å²) in [6.45, 7) is 4.64.